The fourth-order valence-corrected chi connectivity index (χ4v) is 1.78. The molecule has 0 aliphatic carbocycles. The van der Waals surface area contributed by atoms with Gasteiger partial charge >= 0.3 is 0 Å². The minimum absolute atomic E-state index is 0.150. The van der Waals surface area contributed by atoms with Crippen LogP contribution in [0.1, 0.15) is 62.1 Å². The number of rotatable bonds is 7. The zero-order chi connectivity index (χ0) is 12.7. The lowest BCUT2D eigenvalue weighted by Gasteiger charge is -2.15. The Labute approximate surface area is 103 Å². The number of hydrogen-bond acceptors (Lipinski definition) is 3. The number of hydrogen-bond donors (Lipinski definition) is 1. The highest BCUT2D eigenvalue weighted by molar-refractivity contribution is 5.92. The third kappa shape index (κ3) is 4.21. The normalized spacial score (nSPS) is 12.4. The highest BCUT2D eigenvalue weighted by Crippen LogP contribution is 2.10. The average molecular weight is 238 g/mol. The van der Waals surface area contributed by atoms with Crippen molar-refractivity contribution in [2.45, 2.75) is 58.9 Å². The number of aryl methyl sites for hydroxylation is 1. The molecular weight excluding hydrogens is 216 g/mol. The molecule has 0 aliphatic rings. The molecule has 1 aromatic heterocycles. The van der Waals surface area contributed by atoms with Crippen LogP contribution < -0.4 is 5.32 Å². The number of carbonyl (C=O) groups is 1. The summed E-state index contributed by atoms with van der Waals surface area (Å²) in [6.07, 6.45) is 7.11. The Kier molecular flexibility index (Phi) is 5.73. The largest absolute Gasteiger partial charge is 0.351 e. The molecule has 0 bridgehead atoms. The molecule has 4 heteroatoms. The lowest BCUT2D eigenvalue weighted by atomic mass is 10.1. The number of amides is 1. The summed E-state index contributed by atoms with van der Waals surface area (Å²) in [5.74, 6) is 0.183. The van der Waals surface area contributed by atoms with E-state index < -0.39 is 0 Å². The quantitative estimate of drug-likeness (QED) is 0.743. The van der Waals surface area contributed by atoms with Crippen LogP contribution in [0.25, 0.3) is 0 Å². The molecule has 17 heavy (non-hydrogen) atoms. The van der Waals surface area contributed by atoms with Gasteiger partial charge in [0, 0.05) is 11.6 Å². The maximum absolute atomic E-state index is 11.9. The smallest absolute Gasteiger partial charge is 0.290 e. The van der Waals surface area contributed by atoms with Gasteiger partial charge in [-0.05, 0) is 19.8 Å². The molecule has 0 spiro atoms. The second kappa shape index (κ2) is 7.09. The van der Waals surface area contributed by atoms with E-state index in [0.717, 1.165) is 24.8 Å². The van der Waals surface area contributed by atoms with Crippen LogP contribution in [-0.2, 0) is 0 Å². The van der Waals surface area contributed by atoms with E-state index in [9.17, 15) is 4.79 Å². The van der Waals surface area contributed by atoms with Crippen LogP contribution in [0.2, 0.25) is 0 Å². The summed E-state index contributed by atoms with van der Waals surface area (Å²) in [5.41, 5.74) is 0.783. The van der Waals surface area contributed by atoms with Gasteiger partial charge in [0.2, 0.25) is 5.76 Å². The first kappa shape index (κ1) is 13.7. The first-order valence-corrected chi connectivity index (χ1v) is 6.41. The third-order valence-corrected chi connectivity index (χ3v) is 2.94. The van der Waals surface area contributed by atoms with Gasteiger partial charge < -0.3 is 9.84 Å². The predicted octanol–water partition coefficient (Wildman–Crippen LogP) is 3.07. The molecule has 0 radical (unpaired) electrons. The standard InChI is InChI=1S/C13H22N2O2/c1-4-6-7-8-11(5-2)15-13(16)12-10(3)9-14-17-12/h9,11H,4-8H2,1-3H3,(H,15,16). The van der Waals surface area contributed by atoms with Crippen molar-refractivity contribution >= 4 is 5.91 Å². The van der Waals surface area contributed by atoms with Crippen molar-refractivity contribution in [3.63, 3.8) is 0 Å². The number of carbonyl (C=O) groups excluding carboxylic acids is 1. The second-order valence-electron chi connectivity index (χ2n) is 4.41. The van der Waals surface area contributed by atoms with Gasteiger partial charge in [-0.25, -0.2) is 0 Å². The molecule has 0 aromatic carbocycles. The zero-order valence-corrected chi connectivity index (χ0v) is 11.0. The number of aromatic nitrogens is 1. The SMILES string of the molecule is CCCCCC(CC)NC(=O)c1oncc1C. The van der Waals surface area contributed by atoms with Gasteiger partial charge in [0.25, 0.3) is 5.91 Å². The maximum atomic E-state index is 11.9. The van der Waals surface area contributed by atoms with Crippen LogP contribution >= 0.6 is 0 Å². The van der Waals surface area contributed by atoms with Crippen molar-refractivity contribution in [2.75, 3.05) is 0 Å². The molecule has 1 N–H and O–H groups in total. The number of nitrogens with zero attached hydrogens (tertiary/aromatic N) is 1. The van der Waals surface area contributed by atoms with Crippen molar-refractivity contribution in [2.24, 2.45) is 0 Å². The van der Waals surface area contributed by atoms with Crippen LogP contribution in [-0.4, -0.2) is 17.1 Å². The molecule has 0 saturated carbocycles. The average Bonchev–Trinajstić information content (AvgIpc) is 2.74. The minimum Gasteiger partial charge on any atom is -0.351 e. The Hall–Kier alpha value is -1.32. The molecular formula is C13H22N2O2. The lowest BCUT2D eigenvalue weighted by Crippen LogP contribution is -2.34. The summed E-state index contributed by atoms with van der Waals surface area (Å²) in [4.78, 5) is 11.9. The van der Waals surface area contributed by atoms with Crippen LogP contribution in [0, 0.1) is 6.92 Å². The molecule has 96 valence electrons. The van der Waals surface area contributed by atoms with E-state index in [-0.39, 0.29) is 11.9 Å². The Morgan fingerprint density at radius 1 is 1.47 bits per heavy atom. The van der Waals surface area contributed by atoms with Crippen molar-refractivity contribution in [1.82, 2.24) is 10.5 Å². The van der Waals surface area contributed by atoms with Crippen LogP contribution in [0.4, 0.5) is 0 Å². The Bertz CT molecular complexity index is 347. The summed E-state index contributed by atoms with van der Waals surface area (Å²) in [7, 11) is 0. The molecule has 0 aliphatic heterocycles. The van der Waals surface area contributed by atoms with Crippen molar-refractivity contribution in [3.8, 4) is 0 Å². The van der Waals surface area contributed by atoms with Crippen LogP contribution in [0.15, 0.2) is 10.7 Å². The Morgan fingerprint density at radius 3 is 2.76 bits per heavy atom. The molecule has 0 fully saturated rings. The van der Waals surface area contributed by atoms with Gasteiger partial charge in [-0.3, -0.25) is 4.79 Å². The van der Waals surface area contributed by atoms with Gasteiger partial charge in [0.15, 0.2) is 0 Å². The predicted molar refractivity (Wildman–Crippen MR) is 66.9 cm³/mol. The molecule has 1 unspecified atom stereocenters. The third-order valence-electron chi connectivity index (χ3n) is 2.94. The highest BCUT2D eigenvalue weighted by atomic mass is 16.5. The van der Waals surface area contributed by atoms with Crippen LogP contribution in [0.3, 0.4) is 0 Å². The zero-order valence-electron chi connectivity index (χ0n) is 11.0. The van der Waals surface area contributed by atoms with Gasteiger partial charge in [-0.2, -0.15) is 0 Å². The van der Waals surface area contributed by atoms with Gasteiger partial charge in [0.1, 0.15) is 0 Å². The number of nitrogens with one attached hydrogen (secondary N) is 1. The van der Waals surface area contributed by atoms with Crippen LogP contribution in [0.5, 0.6) is 0 Å². The minimum atomic E-state index is -0.150. The fraction of sp³-hybridized carbons (Fsp3) is 0.692. The van der Waals surface area contributed by atoms with E-state index in [0.29, 0.717) is 5.76 Å². The number of unbranched alkanes of at least 4 members (excludes halogenated alkanes) is 2. The van der Waals surface area contributed by atoms with Gasteiger partial charge in [-0.15, -0.1) is 0 Å². The molecule has 1 heterocycles. The van der Waals surface area contributed by atoms with Crippen molar-refractivity contribution in [3.05, 3.63) is 17.5 Å². The summed E-state index contributed by atoms with van der Waals surface area (Å²) in [6, 6.07) is 0.235. The first-order chi connectivity index (χ1) is 8.19. The van der Waals surface area contributed by atoms with E-state index >= 15 is 0 Å². The molecule has 1 aromatic rings. The topological polar surface area (TPSA) is 55.1 Å². The van der Waals surface area contributed by atoms with Crippen molar-refractivity contribution < 1.29 is 9.32 Å². The summed E-state index contributed by atoms with van der Waals surface area (Å²) in [5, 5.41) is 6.61. The van der Waals surface area contributed by atoms with E-state index in [1.54, 1.807) is 6.20 Å². The molecule has 1 amide bonds. The van der Waals surface area contributed by atoms with Crippen molar-refractivity contribution in [1.29, 1.82) is 0 Å². The Balaban J connectivity index is 2.45. The molecule has 1 atom stereocenters. The molecule has 0 saturated heterocycles. The van der Waals surface area contributed by atoms with E-state index in [2.05, 4.69) is 24.3 Å². The Morgan fingerprint density at radius 2 is 2.24 bits per heavy atom. The summed E-state index contributed by atoms with van der Waals surface area (Å²) in [6.45, 7) is 6.09. The van der Waals surface area contributed by atoms with Gasteiger partial charge in [-0.1, -0.05) is 38.3 Å². The highest BCUT2D eigenvalue weighted by Gasteiger charge is 2.17. The molecule has 4 nitrogen and oxygen atoms in total. The van der Waals surface area contributed by atoms with Gasteiger partial charge in [0.05, 0.1) is 6.20 Å². The maximum Gasteiger partial charge on any atom is 0.290 e. The second-order valence-corrected chi connectivity index (χ2v) is 4.41. The van der Waals surface area contributed by atoms with E-state index in [1.807, 2.05) is 6.92 Å². The molecule has 1 rings (SSSR count). The monoisotopic (exact) mass is 238 g/mol. The van der Waals surface area contributed by atoms with E-state index in [4.69, 9.17) is 4.52 Å². The lowest BCUT2D eigenvalue weighted by molar-refractivity contribution is 0.0895. The summed E-state index contributed by atoms with van der Waals surface area (Å²) >= 11 is 0. The first-order valence-electron chi connectivity index (χ1n) is 6.41. The summed E-state index contributed by atoms with van der Waals surface area (Å²) < 4.78 is 4.94. The van der Waals surface area contributed by atoms with E-state index in [1.165, 1.54) is 12.8 Å². The fourth-order valence-electron chi connectivity index (χ4n) is 1.78.